The number of benzene rings is 8. The van der Waals surface area contributed by atoms with E-state index >= 15 is 0 Å². The van der Waals surface area contributed by atoms with Crippen molar-refractivity contribution >= 4 is 54.3 Å². The molecule has 0 amide bonds. The summed E-state index contributed by atoms with van der Waals surface area (Å²) in [6, 6.07) is 33.3. The minimum absolute atomic E-state index is 0.0196. The van der Waals surface area contributed by atoms with Crippen molar-refractivity contribution in [2.75, 3.05) is 0 Å². The molecule has 0 saturated carbocycles. The molecule has 0 aliphatic carbocycles. The second kappa shape index (κ2) is 10.6. The van der Waals surface area contributed by atoms with Gasteiger partial charge in [0.25, 0.3) is 0 Å². The van der Waals surface area contributed by atoms with Gasteiger partial charge >= 0.3 is 0 Å². The molecule has 0 aliphatic heterocycles. The maximum absolute atomic E-state index is 11.6. The summed E-state index contributed by atoms with van der Waals surface area (Å²) in [5, 5.41) is 92.0. The lowest BCUT2D eigenvalue weighted by Gasteiger charge is -2.22. The average Bonchev–Trinajstić information content (AvgIpc) is 3.54. The molecular formula is C42H26O9. The summed E-state index contributed by atoms with van der Waals surface area (Å²) < 4.78 is 6.10. The lowest BCUT2D eigenvalue weighted by molar-refractivity contribution is 0.350. The molecule has 9 heteroatoms. The highest BCUT2D eigenvalue weighted by Gasteiger charge is 2.32. The Morgan fingerprint density at radius 2 is 0.745 bits per heavy atom. The lowest BCUT2D eigenvalue weighted by Crippen LogP contribution is -1.94. The van der Waals surface area contributed by atoms with Gasteiger partial charge in [0.15, 0.2) is 23.0 Å². The van der Waals surface area contributed by atoms with Crippen molar-refractivity contribution in [3.63, 3.8) is 0 Å². The fourth-order valence-electron chi connectivity index (χ4n) is 7.29. The number of fused-ring (bicyclic) bond motifs is 6. The molecule has 9 rings (SSSR count). The summed E-state index contributed by atoms with van der Waals surface area (Å²) >= 11 is 0. The van der Waals surface area contributed by atoms with Crippen LogP contribution in [-0.4, -0.2) is 40.9 Å². The molecule has 248 valence electrons. The van der Waals surface area contributed by atoms with Crippen molar-refractivity contribution in [2.45, 2.75) is 0 Å². The smallest absolute Gasteiger partial charge is 0.204 e. The van der Waals surface area contributed by atoms with Crippen molar-refractivity contribution in [3.8, 4) is 79.4 Å². The largest absolute Gasteiger partial charge is 0.504 e. The quantitative estimate of drug-likeness (QED) is 0.0515. The predicted octanol–water partition coefficient (Wildman–Crippen LogP) is 9.69. The van der Waals surface area contributed by atoms with Crippen LogP contribution in [0.25, 0.3) is 87.6 Å². The van der Waals surface area contributed by atoms with Crippen LogP contribution in [-0.2, 0) is 0 Å². The zero-order valence-corrected chi connectivity index (χ0v) is 26.4. The molecule has 8 N–H and O–H groups in total. The van der Waals surface area contributed by atoms with E-state index < -0.39 is 46.0 Å². The van der Waals surface area contributed by atoms with Gasteiger partial charge in [0.2, 0.25) is 23.0 Å². The first kappa shape index (κ1) is 29.8. The third-order valence-electron chi connectivity index (χ3n) is 9.70. The Bertz CT molecular complexity index is 2860. The zero-order valence-electron chi connectivity index (χ0n) is 26.4. The van der Waals surface area contributed by atoms with Crippen LogP contribution in [0.5, 0.6) is 46.0 Å². The molecule has 0 radical (unpaired) electrons. The molecule has 0 bridgehead atoms. The van der Waals surface area contributed by atoms with Crippen LogP contribution in [0.4, 0.5) is 0 Å². The number of hydrogen-bond acceptors (Lipinski definition) is 9. The number of furan rings is 1. The molecule has 0 fully saturated rings. The van der Waals surface area contributed by atoms with Crippen LogP contribution in [0, 0.1) is 0 Å². The monoisotopic (exact) mass is 674 g/mol. The molecule has 8 aromatic carbocycles. The number of hydrogen-bond donors (Lipinski definition) is 8. The van der Waals surface area contributed by atoms with Gasteiger partial charge in [0.1, 0.15) is 11.2 Å². The first-order chi connectivity index (χ1) is 24.6. The Kier molecular flexibility index (Phi) is 6.21. The minimum atomic E-state index is -1.03. The van der Waals surface area contributed by atoms with Crippen molar-refractivity contribution in [3.05, 3.63) is 109 Å². The van der Waals surface area contributed by atoms with Crippen molar-refractivity contribution in [1.82, 2.24) is 0 Å². The standard InChI is InChI=1S/C42H26O9/c43-35-31-29(23-13-12-21-16-20(10-11-22(21)17-23)19-6-2-1-3-7-19)32-34(38(46)42(50)40(48)36(32)44)30(33(31)37(45)41(49)39(35)47)24-14-15-26-25-8-4-5-9-27(25)51-28(26)18-24/h1-18,43-50H. The summed E-state index contributed by atoms with van der Waals surface area (Å²) in [5.41, 5.74) is 3.56. The maximum atomic E-state index is 11.6. The number of phenols is 8. The van der Waals surface area contributed by atoms with Crippen molar-refractivity contribution < 1.29 is 45.3 Å². The van der Waals surface area contributed by atoms with E-state index in [0.717, 1.165) is 32.7 Å². The SMILES string of the molecule is Oc1c(O)c(O)c2c(-c3ccc4c(c3)oc3ccccc34)c3c(O)c(O)c(O)c(O)c3c(-c3ccc4cc(-c5ccccc5)ccc4c3)c2c1O. The van der Waals surface area contributed by atoms with E-state index in [9.17, 15) is 40.9 Å². The highest BCUT2D eigenvalue weighted by molar-refractivity contribution is 6.29. The number of phenolic OH excluding ortho intramolecular Hbond substituents is 8. The second-order valence-electron chi connectivity index (χ2n) is 12.5. The molecule has 0 unspecified atom stereocenters. The van der Waals surface area contributed by atoms with Gasteiger partial charge in [0.05, 0.1) is 0 Å². The molecule has 1 aromatic heterocycles. The molecule has 9 nitrogen and oxygen atoms in total. The third-order valence-corrected chi connectivity index (χ3v) is 9.70. The van der Waals surface area contributed by atoms with E-state index in [1.54, 1.807) is 36.4 Å². The zero-order chi connectivity index (χ0) is 35.3. The maximum Gasteiger partial charge on any atom is 0.204 e. The average molecular weight is 675 g/mol. The van der Waals surface area contributed by atoms with E-state index in [0.29, 0.717) is 16.7 Å². The van der Waals surface area contributed by atoms with E-state index in [-0.39, 0.29) is 38.2 Å². The van der Waals surface area contributed by atoms with Crippen molar-refractivity contribution in [2.24, 2.45) is 0 Å². The topological polar surface area (TPSA) is 175 Å². The molecule has 0 aliphatic rings. The van der Waals surface area contributed by atoms with E-state index in [2.05, 4.69) is 0 Å². The Morgan fingerprint density at radius 3 is 1.31 bits per heavy atom. The van der Waals surface area contributed by atoms with Crippen LogP contribution in [0.15, 0.2) is 114 Å². The van der Waals surface area contributed by atoms with Gasteiger partial charge in [-0.05, 0) is 63.4 Å². The Balaban J connectivity index is 1.44. The van der Waals surface area contributed by atoms with Gasteiger partial charge < -0.3 is 45.3 Å². The van der Waals surface area contributed by atoms with Crippen LogP contribution >= 0.6 is 0 Å². The Labute approximate surface area is 287 Å². The summed E-state index contributed by atoms with van der Waals surface area (Å²) in [6.07, 6.45) is 0. The van der Waals surface area contributed by atoms with Crippen LogP contribution < -0.4 is 0 Å². The van der Waals surface area contributed by atoms with Gasteiger partial charge in [0, 0.05) is 43.4 Å². The number of para-hydroxylation sites is 1. The van der Waals surface area contributed by atoms with Gasteiger partial charge in [-0.2, -0.15) is 0 Å². The number of aromatic hydroxyl groups is 8. The number of rotatable bonds is 3. The van der Waals surface area contributed by atoms with E-state index in [4.69, 9.17) is 4.42 Å². The molecule has 9 aromatic rings. The Hall–Kier alpha value is -7.26. The third kappa shape index (κ3) is 4.15. The highest BCUT2D eigenvalue weighted by atomic mass is 16.4. The molecule has 0 saturated heterocycles. The van der Waals surface area contributed by atoms with Gasteiger partial charge in [-0.25, -0.2) is 0 Å². The summed E-state index contributed by atoms with van der Waals surface area (Å²) in [6.45, 7) is 0. The second-order valence-corrected chi connectivity index (χ2v) is 12.5. The highest BCUT2D eigenvalue weighted by Crippen LogP contribution is 2.62. The molecule has 0 atom stereocenters. The first-order valence-corrected chi connectivity index (χ1v) is 15.9. The fraction of sp³-hybridized carbons (Fsp3) is 0. The van der Waals surface area contributed by atoms with E-state index in [1.807, 2.05) is 72.8 Å². The lowest BCUT2D eigenvalue weighted by atomic mass is 9.83. The molecular weight excluding hydrogens is 648 g/mol. The van der Waals surface area contributed by atoms with Crippen LogP contribution in [0.1, 0.15) is 0 Å². The normalized spacial score (nSPS) is 11.8. The predicted molar refractivity (Wildman–Crippen MR) is 196 cm³/mol. The molecule has 1 heterocycles. The summed E-state index contributed by atoms with van der Waals surface area (Å²) in [7, 11) is 0. The van der Waals surface area contributed by atoms with Gasteiger partial charge in [-0.15, -0.1) is 0 Å². The van der Waals surface area contributed by atoms with Gasteiger partial charge in [-0.3, -0.25) is 0 Å². The molecule has 51 heavy (non-hydrogen) atoms. The van der Waals surface area contributed by atoms with E-state index in [1.165, 1.54) is 0 Å². The van der Waals surface area contributed by atoms with Crippen LogP contribution in [0.2, 0.25) is 0 Å². The summed E-state index contributed by atoms with van der Waals surface area (Å²) in [4.78, 5) is 0. The fourth-order valence-corrected chi connectivity index (χ4v) is 7.29. The minimum Gasteiger partial charge on any atom is -0.504 e. The first-order valence-electron chi connectivity index (χ1n) is 15.9. The Morgan fingerprint density at radius 1 is 0.314 bits per heavy atom. The van der Waals surface area contributed by atoms with Crippen molar-refractivity contribution in [1.29, 1.82) is 0 Å². The molecule has 0 spiro atoms. The van der Waals surface area contributed by atoms with Gasteiger partial charge in [-0.1, -0.05) is 78.9 Å². The van der Waals surface area contributed by atoms with Crippen LogP contribution in [0.3, 0.4) is 0 Å². The summed E-state index contributed by atoms with van der Waals surface area (Å²) in [5.74, 6) is -7.49.